The zero-order chi connectivity index (χ0) is 13.2. The van der Waals surface area contributed by atoms with Crippen molar-refractivity contribution in [3.8, 4) is 0 Å². The Bertz CT molecular complexity index is 167. The van der Waals surface area contributed by atoms with Crippen LogP contribution in [0.3, 0.4) is 0 Å². The highest BCUT2D eigenvalue weighted by atomic mass is 28.3. The van der Waals surface area contributed by atoms with Gasteiger partial charge in [-0.2, -0.15) is 0 Å². The molecule has 0 amide bonds. The maximum atomic E-state index is 6.11. The summed E-state index contributed by atoms with van der Waals surface area (Å²) in [7, 11) is -1.61. The normalized spacial score (nSPS) is 14.6. The molecule has 0 radical (unpaired) electrons. The summed E-state index contributed by atoms with van der Waals surface area (Å²) in [5.41, 5.74) is 0.0637. The van der Waals surface area contributed by atoms with E-state index in [0.29, 0.717) is 0 Å². The van der Waals surface area contributed by atoms with E-state index in [0.717, 1.165) is 6.04 Å². The summed E-state index contributed by atoms with van der Waals surface area (Å²) in [5, 5.41) is 0. The second-order valence-electron chi connectivity index (χ2n) is 7.65. The van der Waals surface area contributed by atoms with Crippen LogP contribution >= 0.6 is 0 Å². The van der Waals surface area contributed by atoms with Crippen molar-refractivity contribution >= 4 is 9.28 Å². The lowest BCUT2D eigenvalue weighted by Gasteiger charge is -2.34. The van der Waals surface area contributed by atoms with Crippen molar-refractivity contribution in [2.45, 2.75) is 79.6 Å². The van der Waals surface area contributed by atoms with Crippen LogP contribution in [0.25, 0.3) is 0 Å². The Morgan fingerprint density at radius 2 is 1.00 bits per heavy atom. The minimum atomic E-state index is -1.61. The number of hydrogen-bond acceptors (Lipinski definition) is 2. The van der Waals surface area contributed by atoms with Crippen LogP contribution in [0.15, 0.2) is 0 Å². The molecule has 0 spiro atoms. The summed E-state index contributed by atoms with van der Waals surface area (Å²) < 4.78 is 12.2. The zero-order valence-corrected chi connectivity index (χ0v) is 13.8. The van der Waals surface area contributed by atoms with Gasteiger partial charge in [0.05, 0.1) is 0 Å². The lowest BCUT2D eigenvalue weighted by molar-refractivity contribution is 0.0302. The molecule has 3 heteroatoms. The van der Waals surface area contributed by atoms with E-state index in [1.165, 1.54) is 0 Å². The van der Waals surface area contributed by atoms with Crippen molar-refractivity contribution in [2.75, 3.05) is 0 Å². The van der Waals surface area contributed by atoms with E-state index in [-0.39, 0.29) is 16.6 Å². The van der Waals surface area contributed by atoms with Gasteiger partial charge in [0.2, 0.25) is 0 Å². The van der Waals surface area contributed by atoms with E-state index in [2.05, 4.69) is 62.3 Å². The van der Waals surface area contributed by atoms with Gasteiger partial charge in [0, 0.05) is 11.2 Å². The largest absolute Gasteiger partial charge is 0.392 e. The van der Waals surface area contributed by atoms with E-state index in [1.54, 1.807) is 0 Å². The molecule has 0 saturated heterocycles. The monoisotopic (exact) mass is 246 g/mol. The topological polar surface area (TPSA) is 18.5 Å². The molecule has 0 unspecified atom stereocenters. The van der Waals surface area contributed by atoms with Gasteiger partial charge in [0.25, 0.3) is 0 Å². The van der Waals surface area contributed by atoms with Crippen molar-refractivity contribution in [2.24, 2.45) is 5.41 Å². The molecule has 0 saturated carbocycles. The van der Waals surface area contributed by atoms with Crippen LogP contribution in [0.2, 0.25) is 6.04 Å². The summed E-state index contributed by atoms with van der Waals surface area (Å²) in [6.45, 7) is 19.3. The van der Waals surface area contributed by atoms with Crippen LogP contribution in [-0.2, 0) is 8.85 Å². The molecule has 0 aromatic heterocycles. The summed E-state index contributed by atoms with van der Waals surface area (Å²) in [4.78, 5) is 0. The SMILES string of the molecule is CC(C)(C)C[SiH](OC(C)(C)C)OC(C)(C)C. The minimum Gasteiger partial charge on any atom is -0.392 e. The Hall–Kier alpha value is 0.137. The molecule has 0 heterocycles. The first-order valence-electron chi connectivity index (χ1n) is 6.14. The molecule has 0 aromatic rings. The molecular formula is C13H30O2Si. The average molecular weight is 246 g/mol. The third-order valence-electron chi connectivity index (χ3n) is 1.75. The first-order valence-corrected chi connectivity index (χ1v) is 7.90. The second-order valence-corrected chi connectivity index (χ2v) is 9.39. The molecule has 16 heavy (non-hydrogen) atoms. The van der Waals surface area contributed by atoms with Gasteiger partial charge >= 0.3 is 9.28 Å². The van der Waals surface area contributed by atoms with Crippen molar-refractivity contribution in [1.29, 1.82) is 0 Å². The van der Waals surface area contributed by atoms with Gasteiger partial charge in [-0.15, -0.1) is 0 Å². The smallest absolute Gasteiger partial charge is 0.322 e. The standard InChI is InChI=1S/C13H30O2Si/c1-11(2,3)10-16(14-12(4,5)6)15-13(7,8)9/h16H,10H2,1-9H3. The highest BCUT2D eigenvalue weighted by Gasteiger charge is 2.30. The fourth-order valence-electron chi connectivity index (χ4n) is 1.40. The first kappa shape index (κ1) is 16.1. The molecule has 0 aliphatic carbocycles. The second kappa shape index (κ2) is 5.19. The van der Waals surface area contributed by atoms with Crippen molar-refractivity contribution in [3.05, 3.63) is 0 Å². The quantitative estimate of drug-likeness (QED) is 0.704. The highest BCUT2D eigenvalue weighted by Crippen LogP contribution is 2.27. The molecular weight excluding hydrogens is 216 g/mol. The zero-order valence-electron chi connectivity index (χ0n) is 12.6. The van der Waals surface area contributed by atoms with E-state index in [1.807, 2.05) is 0 Å². The molecule has 0 N–H and O–H groups in total. The molecule has 0 aliphatic rings. The molecule has 0 bridgehead atoms. The van der Waals surface area contributed by atoms with Crippen molar-refractivity contribution in [1.82, 2.24) is 0 Å². The Kier molecular flexibility index (Phi) is 5.24. The van der Waals surface area contributed by atoms with E-state index < -0.39 is 9.28 Å². The van der Waals surface area contributed by atoms with Gasteiger partial charge in [-0.05, 0) is 53.0 Å². The predicted octanol–water partition coefficient (Wildman–Crippen LogP) is 3.88. The predicted molar refractivity (Wildman–Crippen MR) is 73.1 cm³/mol. The van der Waals surface area contributed by atoms with Crippen LogP contribution in [0.5, 0.6) is 0 Å². The Labute approximate surface area is 104 Å². The molecule has 0 atom stereocenters. The van der Waals surface area contributed by atoms with Crippen LogP contribution in [0.1, 0.15) is 62.3 Å². The van der Waals surface area contributed by atoms with Gasteiger partial charge in [-0.1, -0.05) is 20.8 Å². The van der Waals surface area contributed by atoms with Crippen LogP contribution in [-0.4, -0.2) is 20.5 Å². The van der Waals surface area contributed by atoms with Gasteiger partial charge in [-0.25, -0.2) is 0 Å². The lowest BCUT2D eigenvalue weighted by atomic mass is 10.0. The number of rotatable bonds is 3. The summed E-state index contributed by atoms with van der Waals surface area (Å²) in [5.74, 6) is 0. The van der Waals surface area contributed by atoms with E-state index in [9.17, 15) is 0 Å². The van der Waals surface area contributed by atoms with Gasteiger partial charge in [0.1, 0.15) is 0 Å². The van der Waals surface area contributed by atoms with Gasteiger partial charge in [-0.3, -0.25) is 0 Å². The molecule has 0 rings (SSSR count). The first-order chi connectivity index (χ1) is 6.79. The third-order valence-corrected chi connectivity index (χ3v) is 5.25. The minimum absolute atomic E-state index is 0.104. The fourth-order valence-corrected chi connectivity index (χ4v) is 4.19. The summed E-state index contributed by atoms with van der Waals surface area (Å²) in [6.07, 6.45) is 0. The van der Waals surface area contributed by atoms with Gasteiger partial charge in [0.15, 0.2) is 0 Å². The average Bonchev–Trinajstić information content (AvgIpc) is 1.70. The fraction of sp³-hybridized carbons (Fsp3) is 1.00. The molecule has 0 aromatic carbocycles. The number of hydrogen-bond donors (Lipinski definition) is 0. The Morgan fingerprint density at radius 1 is 0.688 bits per heavy atom. The van der Waals surface area contributed by atoms with Gasteiger partial charge < -0.3 is 8.85 Å². The van der Waals surface area contributed by atoms with E-state index >= 15 is 0 Å². The highest BCUT2D eigenvalue weighted by molar-refractivity contribution is 6.44. The molecule has 98 valence electrons. The maximum Gasteiger partial charge on any atom is 0.322 e. The summed E-state index contributed by atoms with van der Waals surface area (Å²) in [6, 6.07) is 1.04. The molecule has 0 fully saturated rings. The lowest BCUT2D eigenvalue weighted by Crippen LogP contribution is -2.40. The van der Waals surface area contributed by atoms with E-state index in [4.69, 9.17) is 8.85 Å². The van der Waals surface area contributed by atoms with Crippen LogP contribution < -0.4 is 0 Å². The molecule has 2 nitrogen and oxygen atoms in total. The van der Waals surface area contributed by atoms with Crippen LogP contribution in [0, 0.1) is 5.41 Å². The van der Waals surface area contributed by atoms with Crippen molar-refractivity contribution in [3.63, 3.8) is 0 Å². The maximum absolute atomic E-state index is 6.11. The third kappa shape index (κ3) is 10.6. The summed E-state index contributed by atoms with van der Waals surface area (Å²) >= 11 is 0. The van der Waals surface area contributed by atoms with Crippen LogP contribution in [0.4, 0.5) is 0 Å². The van der Waals surface area contributed by atoms with Crippen molar-refractivity contribution < 1.29 is 8.85 Å². The molecule has 0 aliphatic heterocycles. The Balaban J connectivity index is 4.53. The Morgan fingerprint density at radius 3 is 1.19 bits per heavy atom.